The highest BCUT2D eigenvalue weighted by Crippen LogP contribution is 2.25. The largest absolute Gasteiger partial charge is 0.390 e. The fourth-order valence-electron chi connectivity index (χ4n) is 3.13. The first kappa shape index (κ1) is 23.0. The van der Waals surface area contributed by atoms with Crippen molar-refractivity contribution in [3.8, 4) is 11.8 Å². The number of anilines is 1. The Labute approximate surface area is 191 Å². The summed E-state index contributed by atoms with van der Waals surface area (Å²) in [6.45, 7) is 6.53. The first-order chi connectivity index (χ1) is 14.9. The molecule has 31 heavy (non-hydrogen) atoms. The number of hydrogen-bond acceptors (Lipinski definition) is 6. The maximum atomic E-state index is 12.4. The zero-order chi connectivity index (χ0) is 22.4. The van der Waals surface area contributed by atoms with E-state index in [1.807, 2.05) is 31.4 Å². The summed E-state index contributed by atoms with van der Waals surface area (Å²) in [7, 11) is 0. The Kier molecular flexibility index (Phi) is 7.88. The lowest BCUT2D eigenvalue weighted by Gasteiger charge is -2.21. The van der Waals surface area contributed by atoms with Crippen LogP contribution in [0.4, 0.5) is 5.82 Å². The highest BCUT2D eigenvalue weighted by atomic mass is 35.5. The van der Waals surface area contributed by atoms with E-state index in [1.165, 1.54) is 11.3 Å². The van der Waals surface area contributed by atoms with E-state index >= 15 is 0 Å². The smallest absolute Gasteiger partial charge is 0.261 e. The summed E-state index contributed by atoms with van der Waals surface area (Å²) in [4.78, 5) is 19.3. The van der Waals surface area contributed by atoms with Gasteiger partial charge in [-0.3, -0.25) is 4.79 Å². The molecule has 1 atom stereocenters. The molecule has 1 unspecified atom stereocenters. The monoisotopic (exact) mass is 456 g/mol. The van der Waals surface area contributed by atoms with Crippen molar-refractivity contribution in [1.82, 2.24) is 15.2 Å². The maximum Gasteiger partial charge on any atom is 0.261 e. The molecule has 1 aromatic carbocycles. The first-order valence-electron chi connectivity index (χ1n) is 10.0. The number of hydrogen-bond donors (Lipinski definition) is 3. The van der Waals surface area contributed by atoms with E-state index in [-0.39, 0.29) is 12.5 Å². The minimum absolute atomic E-state index is 0.202. The summed E-state index contributed by atoms with van der Waals surface area (Å²) in [5.74, 6) is 6.23. The van der Waals surface area contributed by atoms with Gasteiger partial charge in [-0.05, 0) is 31.3 Å². The third kappa shape index (κ3) is 5.96. The van der Waals surface area contributed by atoms with Crippen molar-refractivity contribution in [3.63, 3.8) is 0 Å². The highest BCUT2D eigenvalue weighted by Gasteiger charge is 2.13. The number of halogens is 1. The minimum atomic E-state index is -0.614. The zero-order valence-corrected chi connectivity index (χ0v) is 19.1. The number of nitrogens with zero attached hydrogens (tertiary/aromatic N) is 2. The SMILES string of the molecule is CCN(CC)CC(O)CNC(=O)c1cc(C#Cc2c(N)ncc3ccc(Cl)cc23)cs1. The number of nitrogens with one attached hydrogen (secondary N) is 1. The number of nitrogen functional groups attached to an aromatic ring is 1. The summed E-state index contributed by atoms with van der Waals surface area (Å²) >= 11 is 7.42. The molecule has 0 aliphatic rings. The van der Waals surface area contributed by atoms with Crippen molar-refractivity contribution in [3.05, 3.63) is 56.9 Å². The number of aliphatic hydroxyl groups is 1. The second kappa shape index (κ2) is 10.6. The van der Waals surface area contributed by atoms with Crippen LogP contribution in [-0.2, 0) is 0 Å². The quantitative estimate of drug-likeness (QED) is 0.474. The Balaban J connectivity index is 1.70. The molecular formula is C23H25ClN4O2S. The number of pyridine rings is 1. The predicted molar refractivity (Wildman–Crippen MR) is 128 cm³/mol. The van der Waals surface area contributed by atoms with Crippen LogP contribution in [0, 0.1) is 11.8 Å². The van der Waals surface area contributed by atoms with Crippen molar-refractivity contribution in [2.24, 2.45) is 0 Å². The second-order valence-corrected chi connectivity index (χ2v) is 8.40. The van der Waals surface area contributed by atoms with Gasteiger partial charge in [0.15, 0.2) is 0 Å². The van der Waals surface area contributed by atoms with Crippen LogP contribution in [0.25, 0.3) is 10.8 Å². The van der Waals surface area contributed by atoms with Crippen molar-refractivity contribution in [1.29, 1.82) is 0 Å². The molecule has 0 aliphatic carbocycles. The van der Waals surface area contributed by atoms with Gasteiger partial charge in [0, 0.05) is 46.0 Å². The predicted octanol–water partition coefficient (Wildman–Crippen LogP) is 3.36. The van der Waals surface area contributed by atoms with Crippen molar-refractivity contribution in [2.75, 3.05) is 31.9 Å². The topological polar surface area (TPSA) is 91.5 Å². The summed E-state index contributed by atoms with van der Waals surface area (Å²) in [6.07, 6.45) is 1.07. The fraction of sp³-hybridized carbons (Fsp3) is 0.304. The van der Waals surface area contributed by atoms with E-state index < -0.39 is 6.10 Å². The average Bonchev–Trinajstić information content (AvgIpc) is 3.24. The highest BCUT2D eigenvalue weighted by molar-refractivity contribution is 7.12. The van der Waals surface area contributed by atoms with Gasteiger partial charge in [0.05, 0.1) is 16.5 Å². The third-order valence-corrected chi connectivity index (χ3v) is 6.06. The zero-order valence-electron chi connectivity index (χ0n) is 17.5. The van der Waals surface area contributed by atoms with Gasteiger partial charge < -0.3 is 21.1 Å². The van der Waals surface area contributed by atoms with E-state index in [1.54, 1.807) is 18.3 Å². The number of thiophene rings is 1. The number of nitrogens with two attached hydrogens (primary N) is 1. The molecule has 0 radical (unpaired) electrons. The fourth-order valence-corrected chi connectivity index (χ4v) is 4.06. The number of aromatic nitrogens is 1. The lowest BCUT2D eigenvalue weighted by atomic mass is 10.1. The van der Waals surface area contributed by atoms with Crippen LogP contribution in [0.5, 0.6) is 0 Å². The van der Waals surface area contributed by atoms with Gasteiger partial charge >= 0.3 is 0 Å². The first-order valence-corrected chi connectivity index (χ1v) is 11.3. The van der Waals surface area contributed by atoms with Crippen LogP contribution in [0.3, 0.4) is 0 Å². The number of benzene rings is 1. The molecule has 1 amide bonds. The molecule has 0 saturated carbocycles. The number of likely N-dealkylation sites (N-methyl/N-ethyl adjacent to an activating group) is 1. The Morgan fingerprint density at radius 3 is 2.84 bits per heavy atom. The normalized spacial score (nSPS) is 11.9. The molecule has 0 saturated heterocycles. The van der Waals surface area contributed by atoms with Crippen LogP contribution in [0.2, 0.25) is 5.02 Å². The van der Waals surface area contributed by atoms with E-state index in [2.05, 4.69) is 27.0 Å². The molecule has 8 heteroatoms. The van der Waals surface area contributed by atoms with E-state index in [4.69, 9.17) is 17.3 Å². The summed E-state index contributed by atoms with van der Waals surface area (Å²) < 4.78 is 0. The molecule has 3 aromatic rings. The average molecular weight is 457 g/mol. The van der Waals surface area contributed by atoms with Gasteiger partial charge in [-0.1, -0.05) is 43.4 Å². The lowest BCUT2D eigenvalue weighted by Crippen LogP contribution is -2.39. The lowest BCUT2D eigenvalue weighted by molar-refractivity contribution is 0.0873. The van der Waals surface area contributed by atoms with Crippen LogP contribution in [0.15, 0.2) is 35.8 Å². The number of carbonyl (C=O) groups excluding carboxylic acids is 1. The maximum absolute atomic E-state index is 12.4. The summed E-state index contributed by atoms with van der Waals surface area (Å²) in [6, 6.07) is 7.21. The van der Waals surface area contributed by atoms with Crippen molar-refractivity contribution >= 4 is 45.4 Å². The van der Waals surface area contributed by atoms with Crippen LogP contribution in [0.1, 0.15) is 34.6 Å². The molecule has 0 spiro atoms. The Morgan fingerprint density at radius 2 is 2.10 bits per heavy atom. The molecule has 3 rings (SSSR count). The third-order valence-electron chi connectivity index (χ3n) is 4.90. The number of amides is 1. The minimum Gasteiger partial charge on any atom is -0.390 e. The van der Waals surface area contributed by atoms with Crippen LogP contribution < -0.4 is 11.1 Å². The Bertz CT molecular complexity index is 1130. The van der Waals surface area contributed by atoms with Gasteiger partial charge in [0.2, 0.25) is 0 Å². The van der Waals surface area contributed by atoms with E-state index in [9.17, 15) is 9.90 Å². The van der Waals surface area contributed by atoms with Crippen molar-refractivity contribution < 1.29 is 9.90 Å². The molecule has 0 bridgehead atoms. The molecule has 0 fully saturated rings. The Morgan fingerprint density at radius 1 is 1.32 bits per heavy atom. The second-order valence-electron chi connectivity index (χ2n) is 7.05. The van der Waals surface area contributed by atoms with Gasteiger partial charge in [0.25, 0.3) is 5.91 Å². The van der Waals surface area contributed by atoms with Crippen LogP contribution >= 0.6 is 22.9 Å². The number of fused-ring (bicyclic) bond motifs is 1. The molecular weight excluding hydrogens is 432 g/mol. The molecule has 2 aromatic heterocycles. The number of rotatable bonds is 7. The number of carbonyl (C=O) groups is 1. The van der Waals surface area contributed by atoms with Gasteiger partial charge in [-0.15, -0.1) is 11.3 Å². The summed E-state index contributed by atoms with van der Waals surface area (Å²) in [5, 5.41) is 17.1. The van der Waals surface area contributed by atoms with Crippen molar-refractivity contribution in [2.45, 2.75) is 20.0 Å². The molecule has 2 heterocycles. The standard InChI is InChI=1S/C23H25ClN4O2S/c1-3-28(4-2)13-18(29)12-27-23(30)21-9-15(14-31-21)5-8-19-20-10-17(24)7-6-16(20)11-26-22(19)25/h6-7,9-11,14,18,29H,3-4,12-13H2,1-2H3,(H2,25,26)(H,27,30). The van der Waals surface area contributed by atoms with Gasteiger partial charge in [-0.2, -0.15) is 0 Å². The molecule has 0 aliphatic heterocycles. The van der Waals surface area contributed by atoms with E-state index in [0.29, 0.717) is 33.4 Å². The van der Waals surface area contributed by atoms with Crippen LogP contribution in [-0.4, -0.2) is 53.2 Å². The molecule has 6 nitrogen and oxygen atoms in total. The van der Waals surface area contributed by atoms with E-state index in [0.717, 1.165) is 23.9 Å². The van der Waals surface area contributed by atoms with Gasteiger partial charge in [-0.25, -0.2) is 4.98 Å². The number of aliphatic hydroxyl groups excluding tert-OH is 1. The Hall–Kier alpha value is -2.63. The molecule has 162 valence electrons. The molecule has 4 N–H and O–H groups in total. The summed E-state index contributed by atoms with van der Waals surface area (Å²) in [5.41, 5.74) is 7.35. The van der Waals surface area contributed by atoms with Gasteiger partial charge in [0.1, 0.15) is 5.82 Å².